The summed E-state index contributed by atoms with van der Waals surface area (Å²) in [6, 6.07) is 13.4. The lowest BCUT2D eigenvalue weighted by molar-refractivity contribution is -0.125. The number of benzene rings is 2. The first-order valence-electron chi connectivity index (χ1n) is 12.0. The molecule has 5 aromatic rings. The van der Waals surface area contributed by atoms with Gasteiger partial charge in [0.15, 0.2) is 5.65 Å². The Balaban J connectivity index is 1.19. The number of piperidine rings is 1. The van der Waals surface area contributed by atoms with Crippen LogP contribution in [0, 0.1) is 18.7 Å². The van der Waals surface area contributed by atoms with Gasteiger partial charge in [0.05, 0.1) is 17.0 Å². The molecule has 9 heteroatoms. The summed E-state index contributed by atoms with van der Waals surface area (Å²) in [5.74, 6) is 0.397. The summed E-state index contributed by atoms with van der Waals surface area (Å²) in [5, 5.41) is 11.7. The molecule has 1 aliphatic heterocycles. The Labute approximate surface area is 211 Å². The molecule has 3 aromatic heterocycles. The standard InChI is InChI=1S/C27H25FN6OS/c1-17-4-6-21(12-23(17)28)34-15-22-25(32-34)30-16-31-26(22)33-9-2-3-20(14-33)27(35)29-13-18-5-7-24-19(11-18)8-10-36-24/h4-8,10-12,15-16,20H,2-3,9,13-14H2,1H3,(H,29,35)/t20-/m0/s1. The average molecular weight is 501 g/mol. The first-order chi connectivity index (χ1) is 17.5. The van der Waals surface area contributed by atoms with E-state index in [1.807, 2.05) is 12.3 Å². The lowest BCUT2D eigenvalue weighted by atomic mass is 9.97. The van der Waals surface area contributed by atoms with Crippen molar-refractivity contribution in [2.75, 3.05) is 18.0 Å². The van der Waals surface area contributed by atoms with Crippen LogP contribution in [0.1, 0.15) is 24.0 Å². The third-order valence-electron chi connectivity index (χ3n) is 6.79. The summed E-state index contributed by atoms with van der Waals surface area (Å²) in [5.41, 5.74) is 2.84. The molecule has 4 heterocycles. The van der Waals surface area contributed by atoms with Gasteiger partial charge in [0.1, 0.15) is 18.0 Å². The first kappa shape index (κ1) is 22.6. The Morgan fingerprint density at radius 2 is 2.11 bits per heavy atom. The van der Waals surface area contributed by atoms with Crippen LogP contribution in [-0.2, 0) is 11.3 Å². The van der Waals surface area contributed by atoms with Crippen molar-refractivity contribution in [1.82, 2.24) is 25.1 Å². The predicted molar refractivity (Wildman–Crippen MR) is 140 cm³/mol. The highest BCUT2D eigenvalue weighted by Gasteiger charge is 2.28. The number of nitrogens with one attached hydrogen (secondary N) is 1. The van der Waals surface area contributed by atoms with E-state index in [0.717, 1.165) is 36.2 Å². The van der Waals surface area contributed by atoms with Crippen molar-refractivity contribution in [1.29, 1.82) is 0 Å². The van der Waals surface area contributed by atoms with Crippen LogP contribution in [0.15, 0.2) is 60.4 Å². The number of amides is 1. The molecular formula is C27H25FN6OS. The molecule has 1 N–H and O–H groups in total. The molecule has 2 aromatic carbocycles. The zero-order chi connectivity index (χ0) is 24.6. The summed E-state index contributed by atoms with van der Waals surface area (Å²) in [6.45, 7) is 3.62. The van der Waals surface area contributed by atoms with Crippen molar-refractivity contribution >= 4 is 44.2 Å². The number of aromatic nitrogens is 4. The Morgan fingerprint density at radius 3 is 3.00 bits per heavy atom. The van der Waals surface area contributed by atoms with Gasteiger partial charge in [0, 0.05) is 30.5 Å². The van der Waals surface area contributed by atoms with Crippen LogP contribution in [0.4, 0.5) is 10.2 Å². The molecule has 0 radical (unpaired) electrons. The highest BCUT2D eigenvalue weighted by molar-refractivity contribution is 7.17. The second-order valence-electron chi connectivity index (χ2n) is 9.24. The minimum atomic E-state index is -0.279. The number of rotatable bonds is 5. The van der Waals surface area contributed by atoms with Crippen LogP contribution in [0.3, 0.4) is 0 Å². The van der Waals surface area contributed by atoms with Crippen LogP contribution in [0.2, 0.25) is 0 Å². The third-order valence-corrected chi connectivity index (χ3v) is 7.69. The van der Waals surface area contributed by atoms with Crippen molar-refractivity contribution in [2.45, 2.75) is 26.3 Å². The number of anilines is 1. The van der Waals surface area contributed by atoms with Gasteiger partial charge in [-0.2, -0.15) is 0 Å². The molecule has 1 atom stereocenters. The Morgan fingerprint density at radius 1 is 1.19 bits per heavy atom. The maximum Gasteiger partial charge on any atom is 0.225 e. The lowest BCUT2D eigenvalue weighted by Gasteiger charge is -2.33. The zero-order valence-corrected chi connectivity index (χ0v) is 20.6. The number of hydrogen-bond acceptors (Lipinski definition) is 6. The minimum absolute atomic E-state index is 0.0567. The smallest absolute Gasteiger partial charge is 0.225 e. The molecule has 7 nitrogen and oxygen atoms in total. The molecule has 182 valence electrons. The van der Waals surface area contributed by atoms with Crippen molar-refractivity contribution in [3.8, 4) is 5.69 Å². The van der Waals surface area contributed by atoms with Crippen LogP contribution >= 0.6 is 11.3 Å². The fourth-order valence-corrected chi connectivity index (χ4v) is 5.55. The molecule has 0 saturated carbocycles. The molecule has 0 bridgehead atoms. The van der Waals surface area contributed by atoms with Crippen LogP contribution in [0.25, 0.3) is 26.8 Å². The molecule has 1 fully saturated rings. The van der Waals surface area contributed by atoms with Gasteiger partial charge in [-0.1, -0.05) is 12.1 Å². The van der Waals surface area contributed by atoms with E-state index >= 15 is 0 Å². The fourth-order valence-electron chi connectivity index (χ4n) is 4.78. The van der Waals surface area contributed by atoms with Gasteiger partial charge in [-0.3, -0.25) is 4.79 Å². The van der Waals surface area contributed by atoms with E-state index in [1.54, 1.807) is 29.0 Å². The number of hydrogen-bond donors (Lipinski definition) is 1. The van der Waals surface area contributed by atoms with Gasteiger partial charge in [-0.25, -0.2) is 19.0 Å². The molecule has 1 saturated heterocycles. The number of carbonyl (C=O) groups is 1. The van der Waals surface area contributed by atoms with Gasteiger partial charge >= 0.3 is 0 Å². The van der Waals surface area contributed by atoms with E-state index in [4.69, 9.17) is 0 Å². The number of aryl methyl sites for hydroxylation is 1. The van der Waals surface area contributed by atoms with Crippen LogP contribution in [-0.4, -0.2) is 38.7 Å². The van der Waals surface area contributed by atoms with E-state index in [9.17, 15) is 9.18 Å². The number of halogens is 1. The van der Waals surface area contributed by atoms with E-state index in [1.165, 1.54) is 22.5 Å². The Bertz CT molecular complexity index is 1580. The van der Waals surface area contributed by atoms with Crippen LogP contribution in [0.5, 0.6) is 0 Å². The van der Waals surface area contributed by atoms with E-state index < -0.39 is 0 Å². The molecule has 1 aliphatic rings. The Kier molecular flexibility index (Phi) is 5.85. The molecule has 0 spiro atoms. The molecule has 6 rings (SSSR count). The van der Waals surface area contributed by atoms with Gasteiger partial charge < -0.3 is 10.2 Å². The van der Waals surface area contributed by atoms with Gasteiger partial charge in [-0.15, -0.1) is 16.4 Å². The van der Waals surface area contributed by atoms with Crippen LogP contribution < -0.4 is 10.2 Å². The first-order valence-corrected chi connectivity index (χ1v) is 12.9. The minimum Gasteiger partial charge on any atom is -0.355 e. The van der Waals surface area contributed by atoms with Crippen molar-refractivity contribution in [3.05, 3.63) is 77.3 Å². The van der Waals surface area contributed by atoms with E-state index in [0.29, 0.717) is 30.0 Å². The molecule has 0 unspecified atom stereocenters. The van der Waals surface area contributed by atoms with Gasteiger partial charge in [-0.05, 0) is 72.0 Å². The largest absolute Gasteiger partial charge is 0.355 e. The second kappa shape index (κ2) is 9.31. The van der Waals surface area contributed by atoms with Crippen molar-refractivity contribution < 1.29 is 9.18 Å². The van der Waals surface area contributed by atoms with Gasteiger partial charge in [0.25, 0.3) is 0 Å². The molecule has 0 aliphatic carbocycles. The highest BCUT2D eigenvalue weighted by atomic mass is 32.1. The molecular weight excluding hydrogens is 475 g/mol. The highest BCUT2D eigenvalue weighted by Crippen LogP contribution is 2.28. The fraction of sp³-hybridized carbons (Fsp3) is 0.259. The normalized spacial score (nSPS) is 16.1. The number of nitrogens with zero attached hydrogens (tertiary/aromatic N) is 5. The zero-order valence-electron chi connectivity index (χ0n) is 19.8. The van der Waals surface area contributed by atoms with Crippen molar-refractivity contribution in [2.24, 2.45) is 5.92 Å². The monoisotopic (exact) mass is 500 g/mol. The van der Waals surface area contributed by atoms with E-state index in [2.05, 4.69) is 54.9 Å². The topological polar surface area (TPSA) is 75.9 Å². The third kappa shape index (κ3) is 4.30. The maximum absolute atomic E-state index is 14.1. The Hall–Kier alpha value is -3.85. The summed E-state index contributed by atoms with van der Waals surface area (Å²) in [7, 11) is 0. The van der Waals surface area contributed by atoms with Crippen molar-refractivity contribution in [3.63, 3.8) is 0 Å². The predicted octanol–water partition coefficient (Wildman–Crippen LogP) is 5.01. The number of carbonyl (C=O) groups excluding carboxylic acids is 1. The van der Waals surface area contributed by atoms with Gasteiger partial charge in [0.2, 0.25) is 5.91 Å². The average Bonchev–Trinajstić information content (AvgIpc) is 3.55. The molecule has 1 amide bonds. The molecule has 36 heavy (non-hydrogen) atoms. The number of fused-ring (bicyclic) bond motifs is 2. The van der Waals surface area contributed by atoms with E-state index in [-0.39, 0.29) is 17.6 Å². The quantitative estimate of drug-likeness (QED) is 0.367. The lowest BCUT2D eigenvalue weighted by Crippen LogP contribution is -2.43. The second-order valence-corrected chi connectivity index (χ2v) is 10.2. The summed E-state index contributed by atoms with van der Waals surface area (Å²) < 4.78 is 17.0. The summed E-state index contributed by atoms with van der Waals surface area (Å²) in [4.78, 5) is 24.0. The maximum atomic E-state index is 14.1. The number of thiophene rings is 1. The summed E-state index contributed by atoms with van der Waals surface area (Å²) in [6.07, 6.45) is 5.05. The summed E-state index contributed by atoms with van der Waals surface area (Å²) >= 11 is 1.72. The SMILES string of the molecule is Cc1ccc(-n2cc3c(N4CCC[C@H](C(=O)NCc5ccc6sccc6c5)C4)ncnc3n2)cc1F.